The van der Waals surface area contributed by atoms with Crippen LogP contribution >= 0.6 is 11.6 Å². The summed E-state index contributed by atoms with van der Waals surface area (Å²) < 4.78 is 0. The molecule has 0 spiro atoms. The Kier molecular flexibility index (Phi) is 5.39. The molecule has 0 aromatic heterocycles. The summed E-state index contributed by atoms with van der Waals surface area (Å²) in [5.74, 6) is -0.118. The molecule has 1 aromatic rings. The van der Waals surface area contributed by atoms with E-state index in [2.05, 4.69) is 5.32 Å². The first-order valence-corrected chi connectivity index (χ1v) is 6.89. The Balaban J connectivity index is 2.59. The van der Waals surface area contributed by atoms with Crippen LogP contribution in [0.5, 0.6) is 0 Å². The first-order chi connectivity index (χ1) is 8.71. The number of benzene rings is 1. The third-order valence-electron chi connectivity index (χ3n) is 3.09. The summed E-state index contributed by atoms with van der Waals surface area (Å²) in [6.07, 6.45) is 0.697. The van der Waals surface area contributed by atoms with Gasteiger partial charge in [0.25, 0.3) is 0 Å². The Morgan fingerprint density at radius 2 is 1.95 bits per heavy atom. The normalized spacial score (nSPS) is 14.8. The lowest BCUT2D eigenvalue weighted by molar-refractivity contribution is -0.125. The molecule has 0 saturated heterocycles. The first kappa shape index (κ1) is 16.0. The van der Waals surface area contributed by atoms with Crippen molar-refractivity contribution in [2.45, 2.75) is 46.2 Å². The fourth-order valence-corrected chi connectivity index (χ4v) is 1.98. The summed E-state index contributed by atoms with van der Waals surface area (Å²) in [6, 6.07) is 7.14. The van der Waals surface area contributed by atoms with Crippen molar-refractivity contribution in [3.8, 4) is 0 Å². The maximum absolute atomic E-state index is 12.0. The second-order valence-electron chi connectivity index (χ2n) is 6.05. The van der Waals surface area contributed by atoms with Crippen molar-refractivity contribution in [3.63, 3.8) is 0 Å². The van der Waals surface area contributed by atoms with E-state index in [9.17, 15) is 4.79 Å². The molecule has 0 saturated carbocycles. The van der Waals surface area contributed by atoms with E-state index in [4.69, 9.17) is 17.3 Å². The molecule has 2 unspecified atom stereocenters. The highest BCUT2D eigenvalue weighted by Gasteiger charge is 2.28. The standard InChI is InChI=1S/C15H23ClN2O/c1-10(9-11-7-5-6-8-12(11)16)18-14(19)13(17)15(2,3)4/h5-8,10,13H,9,17H2,1-4H3,(H,18,19). The molecule has 19 heavy (non-hydrogen) atoms. The molecule has 4 heteroatoms. The summed E-state index contributed by atoms with van der Waals surface area (Å²) >= 11 is 6.10. The number of nitrogens with one attached hydrogen (secondary N) is 1. The highest BCUT2D eigenvalue weighted by atomic mass is 35.5. The van der Waals surface area contributed by atoms with Crippen LogP contribution in [0.25, 0.3) is 0 Å². The Hall–Kier alpha value is -1.06. The summed E-state index contributed by atoms with van der Waals surface area (Å²) in [7, 11) is 0. The van der Waals surface area contributed by atoms with E-state index in [0.717, 1.165) is 10.6 Å². The van der Waals surface area contributed by atoms with Crippen molar-refractivity contribution >= 4 is 17.5 Å². The molecule has 3 N–H and O–H groups in total. The summed E-state index contributed by atoms with van der Waals surface area (Å²) in [5, 5.41) is 3.66. The van der Waals surface area contributed by atoms with Crippen LogP contribution < -0.4 is 11.1 Å². The van der Waals surface area contributed by atoms with Crippen molar-refractivity contribution in [1.29, 1.82) is 0 Å². The Bertz CT molecular complexity index is 440. The number of hydrogen-bond donors (Lipinski definition) is 2. The van der Waals surface area contributed by atoms with Gasteiger partial charge in [0.1, 0.15) is 0 Å². The monoisotopic (exact) mass is 282 g/mol. The predicted octanol–water partition coefficient (Wildman–Crippen LogP) is 2.76. The largest absolute Gasteiger partial charge is 0.352 e. The number of nitrogens with two attached hydrogens (primary N) is 1. The van der Waals surface area contributed by atoms with E-state index in [0.29, 0.717) is 6.42 Å². The van der Waals surface area contributed by atoms with E-state index in [1.807, 2.05) is 52.0 Å². The number of carbonyl (C=O) groups is 1. The van der Waals surface area contributed by atoms with Crippen molar-refractivity contribution in [2.75, 3.05) is 0 Å². The molecule has 0 aliphatic heterocycles. The van der Waals surface area contributed by atoms with Crippen molar-refractivity contribution < 1.29 is 4.79 Å². The van der Waals surface area contributed by atoms with Crippen LogP contribution in [0, 0.1) is 5.41 Å². The second kappa shape index (κ2) is 6.40. The number of amides is 1. The van der Waals surface area contributed by atoms with Gasteiger partial charge < -0.3 is 11.1 Å². The molecule has 0 heterocycles. The quantitative estimate of drug-likeness (QED) is 0.892. The molecule has 2 atom stereocenters. The zero-order valence-electron chi connectivity index (χ0n) is 12.0. The van der Waals surface area contributed by atoms with Gasteiger partial charge in [-0.3, -0.25) is 4.79 Å². The van der Waals surface area contributed by atoms with Crippen LogP contribution in [0.4, 0.5) is 0 Å². The Morgan fingerprint density at radius 3 is 2.47 bits per heavy atom. The maximum Gasteiger partial charge on any atom is 0.237 e. The topological polar surface area (TPSA) is 55.1 Å². The average Bonchev–Trinajstić information content (AvgIpc) is 2.29. The van der Waals surface area contributed by atoms with E-state index < -0.39 is 6.04 Å². The van der Waals surface area contributed by atoms with Crippen LogP contribution in [0.15, 0.2) is 24.3 Å². The lowest BCUT2D eigenvalue weighted by Gasteiger charge is -2.27. The van der Waals surface area contributed by atoms with Gasteiger partial charge in [-0.05, 0) is 30.4 Å². The van der Waals surface area contributed by atoms with Crippen molar-refractivity contribution in [2.24, 2.45) is 11.1 Å². The molecule has 106 valence electrons. The summed E-state index contributed by atoms with van der Waals surface area (Å²) in [5.41, 5.74) is 6.71. The second-order valence-corrected chi connectivity index (χ2v) is 6.46. The fourth-order valence-electron chi connectivity index (χ4n) is 1.77. The highest BCUT2D eigenvalue weighted by Crippen LogP contribution is 2.19. The van der Waals surface area contributed by atoms with Crippen molar-refractivity contribution in [1.82, 2.24) is 5.32 Å². The number of carbonyl (C=O) groups excluding carboxylic acids is 1. The first-order valence-electron chi connectivity index (χ1n) is 6.51. The van der Waals surface area contributed by atoms with Gasteiger partial charge in [0, 0.05) is 11.1 Å². The fraction of sp³-hybridized carbons (Fsp3) is 0.533. The van der Waals surface area contributed by atoms with Gasteiger partial charge in [0.15, 0.2) is 0 Å². The van der Waals surface area contributed by atoms with E-state index in [-0.39, 0.29) is 17.4 Å². The highest BCUT2D eigenvalue weighted by molar-refractivity contribution is 6.31. The Morgan fingerprint density at radius 1 is 1.37 bits per heavy atom. The molecular weight excluding hydrogens is 260 g/mol. The maximum atomic E-state index is 12.0. The van der Waals surface area contributed by atoms with Crippen LogP contribution in [-0.4, -0.2) is 18.0 Å². The molecule has 1 amide bonds. The molecule has 0 fully saturated rings. The molecule has 0 bridgehead atoms. The smallest absolute Gasteiger partial charge is 0.237 e. The number of hydrogen-bond acceptors (Lipinski definition) is 2. The van der Waals surface area contributed by atoms with Gasteiger partial charge in [-0.15, -0.1) is 0 Å². The number of rotatable bonds is 4. The molecule has 1 rings (SSSR count). The molecule has 0 aliphatic carbocycles. The van der Waals surface area contributed by atoms with Crippen LogP contribution in [0.3, 0.4) is 0 Å². The van der Waals surface area contributed by atoms with Gasteiger partial charge in [-0.2, -0.15) is 0 Å². The van der Waals surface area contributed by atoms with Crippen molar-refractivity contribution in [3.05, 3.63) is 34.9 Å². The van der Waals surface area contributed by atoms with Gasteiger partial charge in [-0.1, -0.05) is 50.6 Å². The minimum absolute atomic E-state index is 0.000741. The van der Waals surface area contributed by atoms with Gasteiger partial charge in [0.2, 0.25) is 5.91 Å². The lowest BCUT2D eigenvalue weighted by Crippen LogP contribution is -2.51. The van der Waals surface area contributed by atoms with Gasteiger partial charge in [0.05, 0.1) is 6.04 Å². The molecule has 0 radical (unpaired) electrons. The molecule has 3 nitrogen and oxygen atoms in total. The zero-order valence-corrected chi connectivity index (χ0v) is 12.8. The lowest BCUT2D eigenvalue weighted by atomic mass is 9.87. The van der Waals surface area contributed by atoms with Gasteiger partial charge >= 0.3 is 0 Å². The molecule has 0 aliphatic rings. The van der Waals surface area contributed by atoms with E-state index in [1.165, 1.54) is 0 Å². The SMILES string of the molecule is CC(Cc1ccccc1Cl)NC(=O)C(N)C(C)(C)C. The summed E-state index contributed by atoms with van der Waals surface area (Å²) in [6.45, 7) is 7.82. The van der Waals surface area contributed by atoms with Gasteiger partial charge in [-0.25, -0.2) is 0 Å². The van der Waals surface area contributed by atoms with Crippen LogP contribution in [-0.2, 0) is 11.2 Å². The minimum Gasteiger partial charge on any atom is -0.352 e. The van der Waals surface area contributed by atoms with Crippen LogP contribution in [0.1, 0.15) is 33.3 Å². The zero-order chi connectivity index (χ0) is 14.6. The third-order valence-corrected chi connectivity index (χ3v) is 3.46. The van der Waals surface area contributed by atoms with Crippen LogP contribution in [0.2, 0.25) is 5.02 Å². The summed E-state index contributed by atoms with van der Waals surface area (Å²) in [4.78, 5) is 12.0. The molecular formula is C15H23ClN2O. The predicted molar refractivity (Wildman–Crippen MR) is 80.2 cm³/mol. The average molecular weight is 283 g/mol. The number of halogens is 1. The van der Waals surface area contributed by atoms with E-state index >= 15 is 0 Å². The van der Waals surface area contributed by atoms with E-state index in [1.54, 1.807) is 0 Å². The molecule has 1 aromatic carbocycles. The minimum atomic E-state index is -0.513. The third kappa shape index (κ3) is 4.84. The Labute approximate surface area is 120 Å².